The van der Waals surface area contributed by atoms with Crippen LogP contribution < -0.4 is 0 Å². The van der Waals surface area contributed by atoms with Gasteiger partial charge in [-0.3, -0.25) is 4.90 Å². The van der Waals surface area contributed by atoms with E-state index in [4.69, 9.17) is 16.3 Å². The fraction of sp³-hybridized carbons (Fsp3) is 0.263. The second kappa shape index (κ2) is 7.47. The summed E-state index contributed by atoms with van der Waals surface area (Å²) in [6, 6.07) is 18.1. The lowest BCUT2D eigenvalue weighted by Gasteiger charge is -2.31. The van der Waals surface area contributed by atoms with E-state index in [9.17, 15) is 0 Å². The maximum atomic E-state index is 6.01. The van der Waals surface area contributed by atoms with E-state index in [1.165, 1.54) is 5.56 Å². The number of hydrogen-bond donors (Lipinski definition) is 0. The number of nitrogens with zero attached hydrogens (tertiary/aromatic N) is 1. The zero-order valence-electron chi connectivity index (χ0n) is 12.3. The molecule has 2 aromatic rings. The molecule has 1 unspecified atom stereocenters. The number of ether oxygens (including phenoxy) is 1. The third-order valence-electron chi connectivity index (χ3n) is 3.72. The van der Waals surface area contributed by atoms with Crippen molar-refractivity contribution in [2.45, 2.75) is 6.04 Å². The Balaban J connectivity index is 1.89. The first-order valence-electron chi connectivity index (χ1n) is 7.47. The van der Waals surface area contributed by atoms with Crippen molar-refractivity contribution in [1.82, 2.24) is 4.90 Å². The minimum absolute atomic E-state index is 0.0707. The molecule has 1 saturated heterocycles. The van der Waals surface area contributed by atoms with Crippen LogP contribution in [-0.4, -0.2) is 31.2 Å². The molecule has 0 aliphatic carbocycles. The van der Waals surface area contributed by atoms with Gasteiger partial charge < -0.3 is 4.74 Å². The molecule has 1 heterocycles. The smallest absolute Gasteiger partial charge is 0.0976 e. The van der Waals surface area contributed by atoms with E-state index in [-0.39, 0.29) is 6.04 Å². The van der Waals surface area contributed by atoms with Gasteiger partial charge in [0.15, 0.2) is 0 Å². The van der Waals surface area contributed by atoms with Crippen molar-refractivity contribution in [3.05, 3.63) is 70.7 Å². The lowest BCUT2D eigenvalue weighted by atomic mass is 10.0. The minimum Gasteiger partial charge on any atom is -0.379 e. The van der Waals surface area contributed by atoms with Crippen LogP contribution in [0.5, 0.6) is 0 Å². The SMILES string of the molecule is Clc1ccc(C(C#Cc2ccccc2)N2CCOCC2)cc1. The van der Waals surface area contributed by atoms with Crippen LogP contribution in [0.1, 0.15) is 17.2 Å². The van der Waals surface area contributed by atoms with E-state index in [1.807, 2.05) is 42.5 Å². The molecule has 3 heteroatoms. The van der Waals surface area contributed by atoms with Crippen molar-refractivity contribution in [2.75, 3.05) is 26.3 Å². The number of rotatable bonds is 2. The van der Waals surface area contributed by atoms with Crippen molar-refractivity contribution < 1.29 is 4.74 Å². The molecule has 0 saturated carbocycles. The van der Waals surface area contributed by atoms with Crippen LogP contribution in [0.25, 0.3) is 0 Å². The highest BCUT2D eigenvalue weighted by Crippen LogP contribution is 2.23. The minimum atomic E-state index is 0.0707. The lowest BCUT2D eigenvalue weighted by molar-refractivity contribution is 0.0270. The van der Waals surface area contributed by atoms with Crippen LogP contribution in [0.3, 0.4) is 0 Å². The van der Waals surface area contributed by atoms with Crippen LogP contribution >= 0.6 is 11.6 Å². The van der Waals surface area contributed by atoms with E-state index in [1.54, 1.807) is 0 Å². The van der Waals surface area contributed by atoms with Crippen LogP contribution in [0, 0.1) is 11.8 Å². The number of halogens is 1. The molecular formula is C19H18ClNO. The number of morpholine rings is 1. The van der Waals surface area contributed by atoms with Crippen LogP contribution in [0.2, 0.25) is 5.02 Å². The zero-order chi connectivity index (χ0) is 15.2. The van der Waals surface area contributed by atoms with Gasteiger partial charge >= 0.3 is 0 Å². The highest BCUT2D eigenvalue weighted by molar-refractivity contribution is 6.30. The Morgan fingerprint density at radius 3 is 2.32 bits per heavy atom. The first kappa shape index (κ1) is 15.1. The number of benzene rings is 2. The van der Waals surface area contributed by atoms with Gasteiger partial charge in [0.1, 0.15) is 0 Å². The molecule has 0 bridgehead atoms. The van der Waals surface area contributed by atoms with Gasteiger partial charge in [-0.15, -0.1) is 0 Å². The summed E-state index contributed by atoms with van der Waals surface area (Å²) in [6.07, 6.45) is 0. The monoisotopic (exact) mass is 311 g/mol. The third kappa shape index (κ3) is 3.90. The molecule has 2 nitrogen and oxygen atoms in total. The van der Waals surface area contributed by atoms with Crippen molar-refractivity contribution in [3.8, 4) is 11.8 Å². The summed E-state index contributed by atoms with van der Waals surface area (Å²) in [6.45, 7) is 3.32. The Hall–Kier alpha value is -1.79. The quantitative estimate of drug-likeness (QED) is 0.783. The second-order valence-electron chi connectivity index (χ2n) is 5.24. The summed E-state index contributed by atoms with van der Waals surface area (Å²) in [5, 5.41) is 0.750. The van der Waals surface area contributed by atoms with E-state index in [0.717, 1.165) is 36.9 Å². The molecule has 0 spiro atoms. The maximum Gasteiger partial charge on any atom is 0.0976 e. The van der Waals surface area contributed by atoms with Crippen molar-refractivity contribution in [2.24, 2.45) is 0 Å². The molecule has 1 atom stereocenters. The molecule has 0 N–H and O–H groups in total. The van der Waals surface area contributed by atoms with Crippen molar-refractivity contribution in [1.29, 1.82) is 0 Å². The highest BCUT2D eigenvalue weighted by Gasteiger charge is 2.20. The summed E-state index contributed by atoms with van der Waals surface area (Å²) in [5.41, 5.74) is 2.21. The normalized spacial score (nSPS) is 16.6. The first-order chi connectivity index (χ1) is 10.8. The first-order valence-corrected chi connectivity index (χ1v) is 7.84. The van der Waals surface area contributed by atoms with Gasteiger partial charge in [-0.25, -0.2) is 0 Å². The molecule has 22 heavy (non-hydrogen) atoms. The van der Waals surface area contributed by atoms with Gasteiger partial charge in [0.05, 0.1) is 19.3 Å². The average Bonchev–Trinajstić information content (AvgIpc) is 2.58. The summed E-state index contributed by atoms with van der Waals surface area (Å²) in [7, 11) is 0. The zero-order valence-corrected chi connectivity index (χ0v) is 13.1. The molecular weight excluding hydrogens is 294 g/mol. The van der Waals surface area contributed by atoms with Gasteiger partial charge in [-0.2, -0.15) is 0 Å². The largest absolute Gasteiger partial charge is 0.379 e. The van der Waals surface area contributed by atoms with Crippen LogP contribution in [-0.2, 0) is 4.74 Å². The van der Waals surface area contributed by atoms with E-state index in [0.29, 0.717) is 0 Å². The molecule has 0 aromatic heterocycles. The molecule has 1 aliphatic rings. The number of hydrogen-bond acceptors (Lipinski definition) is 2. The van der Waals surface area contributed by atoms with Crippen molar-refractivity contribution >= 4 is 11.6 Å². The molecule has 1 fully saturated rings. The molecule has 112 valence electrons. The predicted octanol–water partition coefficient (Wildman–Crippen LogP) is 3.77. The van der Waals surface area contributed by atoms with Gasteiger partial charge in [-0.05, 0) is 29.8 Å². The maximum absolute atomic E-state index is 6.01. The Morgan fingerprint density at radius 2 is 1.64 bits per heavy atom. The van der Waals surface area contributed by atoms with Gasteiger partial charge in [0, 0.05) is 23.7 Å². The standard InChI is InChI=1S/C19H18ClNO/c20-18-9-7-17(8-10-18)19(21-12-14-22-15-13-21)11-6-16-4-2-1-3-5-16/h1-5,7-10,19H,12-15H2. The van der Waals surface area contributed by atoms with Gasteiger partial charge in [0.2, 0.25) is 0 Å². The Labute approximate surface area is 136 Å². The third-order valence-corrected chi connectivity index (χ3v) is 3.98. The van der Waals surface area contributed by atoms with Crippen LogP contribution in [0.4, 0.5) is 0 Å². The highest BCUT2D eigenvalue weighted by atomic mass is 35.5. The van der Waals surface area contributed by atoms with Gasteiger partial charge in [0.25, 0.3) is 0 Å². The topological polar surface area (TPSA) is 12.5 Å². The van der Waals surface area contributed by atoms with Crippen molar-refractivity contribution in [3.63, 3.8) is 0 Å². The molecule has 2 aromatic carbocycles. The Bertz CT molecular complexity index is 651. The summed E-state index contributed by atoms with van der Waals surface area (Å²) >= 11 is 6.01. The fourth-order valence-electron chi connectivity index (χ4n) is 2.54. The average molecular weight is 312 g/mol. The van der Waals surface area contributed by atoms with Gasteiger partial charge in [-0.1, -0.05) is 53.8 Å². The summed E-state index contributed by atoms with van der Waals surface area (Å²) < 4.78 is 5.46. The molecule has 1 aliphatic heterocycles. The molecule has 3 rings (SSSR count). The Morgan fingerprint density at radius 1 is 0.955 bits per heavy atom. The van der Waals surface area contributed by atoms with E-state index < -0.39 is 0 Å². The lowest BCUT2D eigenvalue weighted by Crippen LogP contribution is -2.38. The van der Waals surface area contributed by atoms with E-state index in [2.05, 4.69) is 28.9 Å². The van der Waals surface area contributed by atoms with E-state index >= 15 is 0 Å². The predicted molar refractivity (Wildman–Crippen MR) is 89.9 cm³/mol. The van der Waals surface area contributed by atoms with Crippen LogP contribution in [0.15, 0.2) is 54.6 Å². The second-order valence-corrected chi connectivity index (χ2v) is 5.67. The fourth-order valence-corrected chi connectivity index (χ4v) is 2.67. The molecule has 0 amide bonds. The Kier molecular flexibility index (Phi) is 5.13. The summed E-state index contributed by atoms with van der Waals surface area (Å²) in [4.78, 5) is 2.36. The molecule has 0 radical (unpaired) electrons. The summed E-state index contributed by atoms with van der Waals surface area (Å²) in [5.74, 6) is 6.71.